The standard InChI is InChI=1S/C15H23N5O3/c1-11-8-14(16-9-13(11)20(22)23)17-12-4-6-19(7-5-12)10-15(21)18(2)3/h8-9,12H,4-7,10H2,1-3H3,(H,16,17). The van der Waals surface area contributed by atoms with Crippen molar-refractivity contribution in [1.82, 2.24) is 14.8 Å². The highest BCUT2D eigenvalue weighted by molar-refractivity contribution is 5.77. The Morgan fingerprint density at radius 2 is 2.13 bits per heavy atom. The second kappa shape index (κ2) is 7.36. The van der Waals surface area contributed by atoms with E-state index in [1.54, 1.807) is 32.0 Å². The Balaban J connectivity index is 1.86. The highest BCUT2D eigenvalue weighted by atomic mass is 16.6. The van der Waals surface area contributed by atoms with Gasteiger partial charge in [0.15, 0.2) is 0 Å². The molecule has 8 heteroatoms. The van der Waals surface area contributed by atoms with Crippen molar-refractivity contribution >= 4 is 17.4 Å². The zero-order chi connectivity index (χ0) is 17.0. The highest BCUT2D eigenvalue weighted by Gasteiger charge is 2.22. The number of nitrogens with one attached hydrogen (secondary N) is 1. The van der Waals surface area contributed by atoms with Crippen molar-refractivity contribution in [3.8, 4) is 0 Å². The molecule has 0 unspecified atom stereocenters. The molecule has 0 radical (unpaired) electrons. The van der Waals surface area contributed by atoms with Gasteiger partial charge >= 0.3 is 0 Å². The number of carbonyl (C=O) groups is 1. The molecular formula is C15H23N5O3. The van der Waals surface area contributed by atoms with Gasteiger partial charge in [-0.25, -0.2) is 4.98 Å². The van der Waals surface area contributed by atoms with Crippen LogP contribution in [0.4, 0.5) is 11.5 Å². The fourth-order valence-electron chi connectivity index (χ4n) is 2.60. The van der Waals surface area contributed by atoms with Gasteiger partial charge in [0.25, 0.3) is 5.69 Å². The molecule has 2 heterocycles. The number of nitro groups is 1. The summed E-state index contributed by atoms with van der Waals surface area (Å²) in [5, 5.41) is 14.1. The van der Waals surface area contributed by atoms with Gasteiger partial charge in [0, 0.05) is 38.8 Å². The minimum absolute atomic E-state index is 0.0348. The molecule has 0 saturated carbocycles. The molecule has 1 saturated heterocycles. The summed E-state index contributed by atoms with van der Waals surface area (Å²) in [5.74, 6) is 0.778. The minimum Gasteiger partial charge on any atom is -0.367 e. The van der Waals surface area contributed by atoms with Crippen molar-refractivity contribution in [1.29, 1.82) is 0 Å². The lowest BCUT2D eigenvalue weighted by Gasteiger charge is -2.32. The van der Waals surface area contributed by atoms with Gasteiger partial charge in [-0.1, -0.05) is 0 Å². The zero-order valence-electron chi connectivity index (χ0n) is 13.8. The van der Waals surface area contributed by atoms with Gasteiger partial charge in [-0.3, -0.25) is 19.8 Å². The van der Waals surface area contributed by atoms with Crippen LogP contribution >= 0.6 is 0 Å². The fraction of sp³-hybridized carbons (Fsp3) is 0.600. The Morgan fingerprint density at radius 1 is 1.48 bits per heavy atom. The number of pyridine rings is 1. The number of aromatic nitrogens is 1. The molecule has 1 fully saturated rings. The molecule has 1 aliphatic heterocycles. The molecule has 1 N–H and O–H groups in total. The summed E-state index contributed by atoms with van der Waals surface area (Å²) in [5.41, 5.74) is 0.633. The number of nitrogens with zero attached hydrogens (tertiary/aromatic N) is 4. The third-order valence-electron chi connectivity index (χ3n) is 4.08. The second-order valence-corrected chi connectivity index (χ2v) is 6.10. The maximum Gasteiger partial charge on any atom is 0.290 e. The largest absolute Gasteiger partial charge is 0.367 e. The van der Waals surface area contributed by atoms with Crippen LogP contribution in [0.3, 0.4) is 0 Å². The van der Waals surface area contributed by atoms with E-state index in [9.17, 15) is 14.9 Å². The predicted molar refractivity (Wildman–Crippen MR) is 87.4 cm³/mol. The molecule has 1 aromatic rings. The molecule has 0 aromatic carbocycles. The monoisotopic (exact) mass is 321 g/mol. The number of amides is 1. The highest BCUT2D eigenvalue weighted by Crippen LogP contribution is 2.21. The maximum absolute atomic E-state index is 11.7. The van der Waals surface area contributed by atoms with Crippen molar-refractivity contribution in [2.75, 3.05) is 39.0 Å². The number of piperidine rings is 1. The van der Waals surface area contributed by atoms with Gasteiger partial charge in [0.1, 0.15) is 12.0 Å². The molecule has 2 rings (SSSR count). The number of likely N-dealkylation sites (tertiary alicyclic amines) is 1. The van der Waals surface area contributed by atoms with Gasteiger partial charge in [0.2, 0.25) is 5.91 Å². The summed E-state index contributed by atoms with van der Waals surface area (Å²) < 4.78 is 0. The van der Waals surface area contributed by atoms with Crippen molar-refractivity contribution in [2.45, 2.75) is 25.8 Å². The average molecular weight is 321 g/mol. The molecular weight excluding hydrogens is 298 g/mol. The van der Waals surface area contributed by atoms with E-state index < -0.39 is 4.92 Å². The first-order valence-corrected chi connectivity index (χ1v) is 7.67. The quantitative estimate of drug-likeness (QED) is 0.648. The molecule has 0 bridgehead atoms. The van der Waals surface area contributed by atoms with Crippen LogP contribution in [0.2, 0.25) is 0 Å². The summed E-state index contributed by atoms with van der Waals surface area (Å²) in [6, 6.07) is 1.98. The SMILES string of the molecule is Cc1cc(NC2CCN(CC(=O)N(C)C)CC2)ncc1[N+](=O)[O-]. The number of rotatable bonds is 5. The first-order chi connectivity index (χ1) is 10.9. The van der Waals surface area contributed by atoms with Gasteiger partial charge < -0.3 is 10.2 Å². The van der Waals surface area contributed by atoms with E-state index in [2.05, 4.69) is 15.2 Å². The Labute approximate surface area is 135 Å². The second-order valence-electron chi connectivity index (χ2n) is 6.10. The Kier molecular flexibility index (Phi) is 5.49. The molecule has 0 aliphatic carbocycles. The summed E-state index contributed by atoms with van der Waals surface area (Å²) in [4.78, 5) is 30.0. The molecule has 0 spiro atoms. The molecule has 1 amide bonds. The van der Waals surface area contributed by atoms with Gasteiger partial charge in [-0.05, 0) is 25.8 Å². The minimum atomic E-state index is -0.424. The molecule has 126 valence electrons. The normalized spacial score (nSPS) is 16.1. The number of likely N-dealkylation sites (N-methyl/N-ethyl adjacent to an activating group) is 1. The summed E-state index contributed by atoms with van der Waals surface area (Å²) in [6.07, 6.45) is 3.12. The number of anilines is 1. The number of aryl methyl sites for hydroxylation is 1. The van der Waals surface area contributed by atoms with Crippen LogP contribution in [-0.2, 0) is 4.79 Å². The Morgan fingerprint density at radius 3 is 2.65 bits per heavy atom. The summed E-state index contributed by atoms with van der Waals surface area (Å²) in [6.45, 7) is 3.86. The van der Waals surface area contributed by atoms with Crippen LogP contribution in [0, 0.1) is 17.0 Å². The number of hydrogen-bond acceptors (Lipinski definition) is 6. The van der Waals surface area contributed by atoms with E-state index in [0.717, 1.165) is 25.9 Å². The molecule has 1 aliphatic rings. The van der Waals surface area contributed by atoms with Crippen molar-refractivity contribution in [3.05, 3.63) is 27.9 Å². The van der Waals surface area contributed by atoms with E-state index >= 15 is 0 Å². The first-order valence-electron chi connectivity index (χ1n) is 7.67. The van der Waals surface area contributed by atoms with Crippen molar-refractivity contribution in [3.63, 3.8) is 0 Å². The lowest BCUT2D eigenvalue weighted by atomic mass is 10.0. The fourth-order valence-corrected chi connectivity index (χ4v) is 2.60. The lowest BCUT2D eigenvalue weighted by molar-refractivity contribution is -0.385. The summed E-state index contributed by atoms with van der Waals surface area (Å²) in [7, 11) is 3.53. The van der Waals surface area contributed by atoms with Crippen molar-refractivity contribution in [2.24, 2.45) is 0 Å². The Hall–Kier alpha value is -2.22. The predicted octanol–water partition coefficient (Wildman–Crippen LogP) is 1.26. The smallest absolute Gasteiger partial charge is 0.290 e. The van der Waals surface area contributed by atoms with Crippen molar-refractivity contribution < 1.29 is 9.72 Å². The van der Waals surface area contributed by atoms with Gasteiger partial charge in [-0.2, -0.15) is 0 Å². The van der Waals surface area contributed by atoms with E-state index in [1.807, 2.05) is 0 Å². The molecule has 1 aromatic heterocycles. The van der Waals surface area contributed by atoms with E-state index in [0.29, 0.717) is 17.9 Å². The Bertz CT molecular complexity index is 582. The lowest BCUT2D eigenvalue weighted by Crippen LogP contribution is -2.44. The maximum atomic E-state index is 11.7. The topological polar surface area (TPSA) is 91.6 Å². The van der Waals surface area contributed by atoms with E-state index in [-0.39, 0.29) is 17.6 Å². The zero-order valence-corrected chi connectivity index (χ0v) is 13.8. The van der Waals surface area contributed by atoms with E-state index in [1.165, 1.54) is 6.20 Å². The third kappa shape index (κ3) is 4.62. The summed E-state index contributed by atoms with van der Waals surface area (Å²) >= 11 is 0. The van der Waals surface area contributed by atoms with Crippen LogP contribution in [0.5, 0.6) is 0 Å². The van der Waals surface area contributed by atoms with Crippen LogP contribution in [-0.4, -0.2) is 65.4 Å². The first kappa shape index (κ1) is 17.1. The van der Waals surface area contributed by atoms with Gasteiger partial charge in [-0.15, -0.1) is 0 Å². The van der Waals surface area contributed by atoms with Crippen LogP contribution in [0.1, 0.15) is 18.4 Å². The third-order valence-corrected chi connectivity index (χ3v) is 4.08. The molecule has 8 nitrogen and oxygen atoms in total. The van der Waals surface area contributed by atoms with Crippen LogP contribution in [0.15, 0.2) is 12.3 Å². The van der Waals surface area contributed by atoms with E-state index in [4.69, 9.17) is 0 Å². The molecule has 23 heavy (non-hydrogen) atoms. The van der Waals surface area contributed by atoms with Gasteiger partial charge in [0.05, 0.1) is 11.5 Å². The number of carbonyl (C=O) groups excluding carboxylic acids is 1. The van der Waals surface area contributed by atoms with Crippen LogP contribution in [0.25, 0.3) is 0 Å². The van der Waals surface area contributed by atoms with Crippen LogP contribution < -0.4 is 5.32 Å². The average Bonchev–Trinajstić information content (AvgIpc) is 2.48. The molecule has 0 atom stereocenters. The number of hydrogen-bond donors (Lipinski definition) is 1.